The topological polar surface area (TPSA) is 79.9 Å². The third-order valence-electron chi connectivity index (χ3n) is 1.27. The van der Waals surface area contributed by atoms with Crippen molar-refractivity contribution in [2.75, 3.05) is 23.6 Å². The van der Waals surface area contributed by atoms with E-state index in [4.69, 9.17) is 11.6 Å². The number of alkyl halides is 1. The molecule has 0 fully saturated rings. The molecule has 6 nitrogen and oxygen atoms in total. The Morgan fingerprint density at radius 3 is 3.20 bits per heavy atom. The SMILES string of the molecule is CCSc1n[nH]c(NC(=O)OCCCl)n1. The van der Waals surface area contributed by atoms with Crippen LogP contribution >= 0.6 is 23.4 Å². The number of ether oxygens (including phenoxy) is 1. The van der Waals surface area contributed by atoms with Crippen LogP contribution in [0.5, 0.6) is 0 Å². The van der Waals surface area contributed by atoms with Crippen LogP contribution in [0.4, 0.5) is 10.7 Å². The molecule has 1 heterocycles. The molecular formula is C7H11ClN4O2S. The van der Waals surface area contributed by atoms with Gasteiger partial charge in [-0.25, -0.2) is 9.89 Å². The molecule has 0 bridgehead atoms. The van der Waals surface area contributed by atoms with Gasteiger partial charge in [-0.1, -0.05) is 18.7 Å². The van der Waals surface area contributed by atoms with Crippen LogP contribution in [0.15, 0.2) is 5.16 Å². The normalized spacial score (nSPS) is 10.0. The number of H-pyrrole nitrogens is 1. The molecule has 0 atom stereocenters. The van der Waals surface area contributed by atoms with Crippen molar-refractivity contribution in [1.29, 1.82) is 0 Å². The van der Waals surface area contributed by atoms with Crippen molar-refractivity contribution in [3.05, 3.63) is 0 Å². The zero-order valence-electron chi connectivity index (χ0n) is 8.12. The second-order valence-electron chi connectivity index (χ2n) is 2.35. The number of nitrogens with zero attached hydrogens (tertiary/aromatic N) is 2. The van der Waals surface area contributed by atoms with E-state index < -0.39 is 6.09 Å². The molecule has 2 N–H and O–H groups in total. The number of carbonyl (C=O) groups excluding carboxylic acids is 1. The van der Waals surface area contributed by atoms with Crippen LogP contribution in [0, 0.1) is 0 Å². The molecule has 15 heavy (non-hydrogen) atoms. The van der Waals surface area contributed by atoms with Crippen molar-refractivity contribution in [3.8, 4) is 0 Å². The summed E-state index contributed by atoms with van der Waals surface area (Å²) in [6.07, 6.45) is -0.597. The largest absolute Gasteiger partial charge is 0.448 e. The zero-order chi connectivity index (χ0) is 11.1. The van der Waals surface area contributed by atoms with Gasteiger partial charge >= 0.3 is 6.09 Å². The maximum absolute atomic E-state index is 11.1. The van der Waals surface area contributed by atoms with Gasteiger partial charge in [0.25, 0.3) is 0 Å². The van der Waals surface area contributed by atoms with Crippen molar-refractivity contribution in [2.24, 2.45) is 0 Å². The Kier molecular flexibility index (Phi) is 5.27. The Balaban J connectivity index is 2.39. The van der Waals surface area contributed by atoms with E-state index in [0.717, 1.165) is 5.75 Å². The molecule has 1 rings (SSSR count). The Labute approximate surface area is 96.1 Å². The second kappa shape index (κ2) is 6.52. The van der Waals surface area contributed by atoms with Gasteiger partial charge < -0.3 is 4.74 Å². The Morgan fingerprint density at radius 1 is 1.73 bits per heavy atom. The molecule has 0 aliphatic heterocycles. The lowest BCUT2D eigenvalue weighted by Gasteiger charge is -2.00. The summed E-state index contributed by atoms with van der Waals surface area (Å²) < 4.78 is 4.69. The monoisotopic (exact) mass is 250 g/mol. The second-order valence-corrected chi connectivity index (χ2v) is 3.96. The number of hydrogen-bond acceptors (Lipinski definition) is 5. The van der Waals surface area contributed by atoms with Crippen LogP contribution < -0.4 is 5.32 Å². The van der Waals surface area contributed by atoms with Gasteiger partial charge in [0.05, 0.1) is 5.88 Å². The molecule has 0 aromatic carbocycles. The highest BCUT2D eigenvalue weighted by Crippen LogP contribution is 2.12. The van der Waals surface area contributed by atoms with Crippen LogP contribution in [0.2, 0.25) is 0 Å². The van der Waals surface area contributed by atoms with Gasteiger partial charge in [0.15, 0.2) is 0 Å². The fourth-order valence-electron chi connectivity index (χ4n) is 0.760. The van der Waals surface area contributed by atoms with E-state index in [1.165, 1.54) is 11.8 Å². The molecule has 1 amide bonds. The summed E-state index contributed by atoms with van der Waals surface area (Å²) in [5.74, 6) is 1.40. The molecule has 0 saturated heterocycles. The smallest absolute Gasteiger partial charge is 0.414 e. The number of halogens is 1. The van der Waals surface area contributed by atoms with E-state index >= 15 is 0 Å². The zero-order valence-corrected chi connectivity index (χ0v) is 9.69. The first kappa shape index (κ1) is 12.1. The fourth-order valence-corrected chi connectivity index (χ4v) is 1.36. The molecule has 1 aromatic rings. The lowest BCUT2D eigenvalue weighted by molar-refractivity contribution is 0.168. The molecule has 0 spiro atoms. The molecule has 0 saturated carbocycles. The highest BCUT2D eigenvalue weighted by atomic mass is 35.5. The summed E-state index contributed by atoms with van der Waals surface area (Å²) in [5, 5.41) is 9.42. The summed E-state index contributed by atoms with van der Waals surface area (Å²) in [4.78, 5) is 15.1. The average molecular weight is 251 g/mol. The predicted octanol–water partition coefficient (Wildman–Crippen LogP) is 1.70. The van der Waals surface area contributed by atoms with Gasteiger partial charge in [0.2, 0.25) is 11.1 Å². The van der Waals surface area contributed by atoms with Crippen LogP contribution in [-0.2, 0) is 4.74 Å². The van der Waals surface area contributed by atoms with Crippen LogP contribution in [-0.4, -0.2) is 39.5 Å². The van der Waals surface area contributed by atoms with Crippen molar-refractivity contribution in [3.63, 3.8) is 0 Å². The number of carbonyl (C=O) groups is 1. The van der Waals surface area contributed by atoms with Crippen molar-refractivity contribution in [1.82, 2.24) is 15.2 Å². The van der Waals surface area contributed by atoms with Crippen molar-refractivity contribution in [2.45, 2.75) is 12.1 Å². The van der Waals surface area contributed by atoms with E-state index in [1.54, 1.807) is 0 Å². The van der Waals surface area contributed by atoms with Gasteiger partial charge in [-0.15, -0.1) is 16.7 Å². The van der Waals surface area contributed by atoms with Crippen LogP contribution in [0.3, 0.4) is 0 Å². The molecule has 1 aromatic heterocycles. The summed E-state index contributed by atoms with van der Waals surface area (Å²) in [6.45, 7) is 2.15. The standard InChI is InChI=1S/C7H11ClN4O2S/c1-2-15-6-9-5(11-12-6)10-7(13)14-4-3-8/h2-4H2,1H3,(H2,9,10,11,12,13). The number of aromatic nitrogens is 3. The number of hydrogen-bond donors (Lipinski definition) is 2. The predicted molar refractivity (Wildman–Crippen MR) is 58.5 cm³/mol. The minimum atomic E-state index is -0.597. The number of anilines is 1. The maximum Gasteiger partial charge on any atom is 0.414 e. The average Bonchev–Trinajstić information content (AvgIpc) is 2.63. The minimum absolute atomic E-state index is 0.165. The van der Waals surface area contributed by atoms with Crippen molar-refractivity contribution < 1.29 is 9.53 Å². The molecule has 8 heteroatoms. The van der Waals surface area contributed by atoms with Crippen LogP contribution in [0.1, 0.15) is 6.92 Å². The molecule has 0 aliphatic carbocycles. The lowest BCUT2D eigenvalue weighted by atomic mass is 10.8. The maximum atomic E-state index is 11.1. The van der Waals surface area contributed by atoms with Gasteiger partial charge in [-0.3, -0.25) is 5.32 Å². The van der Waals surface area contributed by atoms with E-state index in [1.807, 2.05) is 6.92 Å². The molecule has 84 valence electrons. The van der Waals surface area contributed by atoms with Gasteiger partial charge in [-0.05, 0) is 5.75 Å². The van der Waals surface area contributed by atoms with Crippen molar-refractivity contribution >= 4 is 35.4 Å². The molecule has 0 unspecified atom stereocenters. The quantitative estimate of drug-likeness (QED) is 0.614. The molecular weight excluding hydrogens is 240 g/mol. The van der Waals surface area contributed by atoms with Gasteiger partial charge in [-0.2, -0.15) is 4.98 Å². The third-order valence-corrected chi connectivity index (χ3v) is 2.15. The Morgan fingerprint density at radius 2 is 2.53 bits per heavy atom. The van der Waals surface area contributed by atoms with E-state index in [9.17, 15) is 4.79 Å². The van der Waals surface area contributed by atoms with Gasteiger partial charge in [0.1, 0.15) is 6.61 Å². The minimum Gasteiger partial charge on any atom is -0.448 e. The Bertz CT molecular complexity index is 320. The number of amides is 1. The molecule has 0 radical (unpaired) electrons. The van der Waals surface area contributed by atoms with E-state index in [-0.39, 0.29) is 18.4 Å². The van der Waals surface area contributed by atoms with E-state index in [0.29, 0.717) is 5.16 Å². The molecule has 0 aliphatic rings. The van der Waals surface area contributed by atoms with E-state index in [2.05, 4.69) is 25.2 Å². The lowest BCUT2D eigenvalue weighted by Crippen LogP contribution is -2.15. The number of nitrogens with one attached hydrogen (secondary N) is 2. The highest BCUT2D eigenvalue weighted by molar-refractivity contribution is 7.99. The first-order valence-corrected chi connectivity index (χ1v) is 5.83. The number of aromatic amines is 1. The third kappa shape index (κ3) is 4.39. The number of thioether (sulfide) groups is 1. The first-order chi connectivity index (χ1) is 7.26. The Hall–Kier alpha value is -0.950. The fraction of sp³-hybridized carbons (Fsp3) is 0.571. The van der Waals surface area contributed by atoms with Crippen LogP contribution in [0.25, 0.3) is 0 Å². The first-order valence-electron chi connectivity index (χ1n) is 4.31. The number of rotatable bonds is 5. The summed E-state index contributed by atoms with van der Waals surface area (Å²) in [6, 6.07) is 0. The summed E-state index contributed by atoms with van der Waals surface area (Å²) >= 11 is 6.82. The van der Waals surface area contributed by atoms with Gasteiger partial charge in [0, 0.05) is 0 Å². The summed E-state index contributed by atoms with van der Waals surface area (Å²) in [7, 11) is 0. The highest BCUT2D eigenvalue weighted by Gasteiger charge is 2.07. The summed E-state index contributed by atoms with van der Waals surface area (Å²) in [5.41, 5.74) is 0.